The van der Waals surface area contributed by atoms with Gasteiger partial charge in [0.05, 0.1) is 5.56 Å². The van der Waals surface area contributed by atoms with Crippen LogP contribution >= 0.6 is 0 Å². The van der Waals surface area contributed by atoms with Gasteiger partial charge in [-0.15, -0.1) is 0 Å². The lowest BCUT2D eigenvalue weighted by atomic mass is 9.84. The summed E-state index contributed by atoms with van der Waals surface area (Å²) in [6.45, 7) is 0. The molecule has 0 aliphatic heterocycles. The Morgan fingerprint density at radius 2 is 1.80 bits per heavy atom. The number of rotatable bonds is 2. The fourth-order valence-corrected chi connectivity index (χ4v) is 2.75. The van der Waals surface area contributed by atoms with Gasteiger partial charge in [0.15, 0.2) is 11.5 Å². The van der Waals surface area contributed by atoms with Crippen molar-refractivity contribution in [1.29, 1.82) is 0 Å². The van der Waals surface area contributed by atoms with Crippen molar-refractivity contribution in [3.63, 3.8) is 0 Å². The zero-order valence-electron chi connectivity index (χ0n) is 10.4. The van der Waals surface area contributed by atoms with Crippen molar-refractivity contribution < 1.29 is 28.2 Å². The van der Waals surface area contributed by atoms with Crippen LogP contribution in [0.4, 0.5) is 13.2 Å². The smallest absolute Gasteiger partial charge is 0.416 e. The molecule has 0 radical (unpaired) electrons. The lowest BCUT2D eigenvalue weighted by molar-refractivity contribution is -0.139. The highest BCUT2D eigenvalue weighted by Crippen LogP contribution is 2.52. The Kier molecular flexibility index (Phi) is 3.48. The van der Waals surface area contributed by atoms with Crippen molar-refractivity contribution in [2.75, 3.05) is 0 Å². The number of benzene rings is 1. The highest BCUT2D eigenvalue weighted by atomic mass is 19.4. The van der Waals surface area contributed by atoms with Gasteiger partial charge < -0.3 is 10.2 Å². The number of alkyl halides is 3. The van der Waals surface area contributed by atoms with Gasteiger partial charge in [0.1, 0.15) is 5.54 Å². The molecule has 0 atom stereocenters. The molecule has 0 unspecified atom stereocenters. The van der Waals surface area contributed by atoms with E-state index in [2.05, 4.69) is 4.99 Å². The molecule has 4 nitrogen and oxygen atoms in total. The Bertz CT molecular complexity index is 571. The predicted molar refractivity (Wildman–Crippen MR) is 63.0 cm³/mol. The first-order chi connectivity index (χ1) is 9.32. The van der Waals surface area contributed by atoms with Crippen LogP contribution in [0.5, 0.6) is 11.5 Å². The van der Waals surface area contributed by atoms with E-state index in [-0.39, 0.29) is 12.8 Å². The van der Waals surface area contributed by atoms with Crippen LogP contribution in [0.3, 0.4) is 0 Å². The Labute approximate surface area is 112 Å². The summed E-state index contributed by atoms with van der Waals surface area (Å²) in [5.74, 6) is -1.54. The molecule has 1 fully saturated rings. The highest BCUT2D eigenvalue weighted by Gasteiger charge is 2.46. The Hall–Kier alpha value is -2.01. The van der Waals surface area contributed by atoms with Gasteiger partial charge in [-0.2, -0.15) is 18.2 Å². The van der Waals surface area contributed by atoms with Gasteiger partial charge in [-0.1, -0.05) is 12.8 Å². The zero-order valence-corrected chi connectivity index (χ0v) is 10.4. The lowest BCUT2D eigenvalue weighted by Crippen LogP contribution is -2.24. The van der Waals surface area contributed by atoms with Gasteiger partial charge in [-0.25, -0.2) is 4.79 Å². The predicted octanol–water partition coefficient (Wildman–Crippen LogP) is 3.22. The van der Waals surface area contributed by atoms with Crippen molar-refractivity contribution >= 4 is 6.08 Å². The van der Waals surface area contributed by atoms with Crippen LogP contribution in [0.1, 0.15) is 36.8 Å². The van der Waals surface area contributed by atoms with Gasteiger partial charge in [-0.05, 0) is 25.0 Å². The molecule has 2 N–H and O–H groups in total. The second-order valence-corrected chi connectivity index (χ2v) is 4.80. The summed E-state index contributed by atoms with van der Waals surface area (Å²) < 4.78 is 39.3. The number of carbonyl (C=O) groups excluding carboxylic acids is 1. The van der Waals surface area contributed by atoms with Gasteiger partial charge >= 0.3 is 6.18 Å². The molecule has 1 aromatic rings. The maximum Gasteiger partial charge on any atom is 0.416 e. The molecule has 0 bridgehead atoms. The molecule has 1 aromatic carbocycles. The molecule has 7 heteroatoms. The average Bonchev–Trinajstić information content (AvgIpc) is 2.81. The van der Waals surface area contributed by atoms with E-state index in [4.69, 9.17) is 0 Å². The fraction of sp³-hybridized carbons (Fsp3) is 0.462. The molecular weight excluding hydrogens is 275 g/mol. The molecular formula is C13H12F3NO3. The molecule has 0 amide bonds. The largest absolute Gasteiger partial charge is 0.504 e. The van der Waals surface area contributed by atoms with E-state index in [1.807, 2.05) is 0 Å². The monoisotopic (exact) mass is 287 g/mol. The summed E-state index contributed by atoms with van der Waals surface area (Å²) in [7, 11) is 0. The third kappa shape index (κ3) is 2.25. The average molecular weight is 287 g/mol. The molecule has 1 aliphatic rings. The lowest BCUT2D eigenvalue weighted by Gasteiger charge is -2.27. The molecule has 0 heterocycles. The Morgan fingerprint density at radius 3 is 2.30 bits per heavy atom. The third-order valence-corrected chi connectivity index (χ3v) is 3.62. The van der Waals surface area contributed by atoms with Gasteiger partial charge in [0, 0.05) is 5.56 Å². The van der Waals surface area contributed by atoms with Gasteiger partial charge in [0.25, 0.3) is 0 Å². The van der Waals surface area contributed by atoms with Crippen LogP contribution < -0.4 is 0 Å². The fourth-order valence-electron chi connectivity index (χ4n) is 2.75. The molecule has 108 valence electrons. The number of hydrogen-bond acceptors (Lipinski definition) is 4. The zero-order chi connectivity index (χ0) is 15.0. The highest BCUT2D eigenvalue weighted by molar-refractivity contribution is 5.55. The topological polar surface area (TPSA) is 69.9 Å². The van der Waals surface area contributed by atoms with E-state index >= 15 is 0 Å². The number of halogens is 3. The van der Waals surface area contributed by atoms with E-state index in [0.29, 0.717) is 18.9 Å². The minimum absolute atomic E-state index is 0.197. The maximum atomic E-state index is 13.1. The van der Waals surface area contributed by atoms with Gasteiger partial charge in [-0.3, -0.25) is 0 Å². The van der Waals surface area contributed by atoms with Crippen molar-refractivity contribution in [1.82, 2.24) is 0 Å². The van der Waals surface area contributed by atoms with Crippen LogP contribution in [-0.4, -0.2) is 16.3 Å². The first-order valence-electron chi connectivity index (χ1n) is 6.03. The van der Waals surface area contributed by atoms with Gasteiger partial charge in [0.2, 0.25) is 6.08 Å². The minimum Gasteiger partial charge on any atom is -0.504 e. The maximum absolute atomic E-state index is 13.1. The third-order valence-electron chi connectivity index (χ3n) is 3.62. The van der Waals surface area contributed by atoms with Crippen molar-refractivity contribution in [3.8, 4) is 11.5 Å². The molecule has 1 aliphatic carbocycles. The summed E-state index contributed by atoms with van der Waals surface area (Å²) in [5.41, 5.74) is -3.09. The summed E-state index contributed by atoms with van der Waals surface area (Å²) in [6, 6.07) is 1.46. The summed E-state index contributed by atoms with van der Waals surface area (Å²) in [5, 5.41) is 19.3. The molecule has 0 spiro atoms. The number of aromatic hydroxyl groups is 2. The van der Waals surface area contributed by atoms with E-state index in [0.717, 1.165) is 6.07 Å². The normalized spacial score (nSPS) is 17.8. The van der Waals surface area contributed by atoms with Crippen LogP contribution in [-0.2, 0) is 16.5 Å². The van der Waals surface area contributed by atoms with E-state index in [9.17, 15) is 28.2 Å². The Morgan fingerprint density at radius 1 is 1.20 bits per heavy atom. The SMILES string of the molecule is O=C=NC1(c2c(C(F)(F)F)ccc(O)c2O)CCCC1. The van der Waals surface area contributed by atoms with E-state index < -0.39 is 34.3 Å². The number of phenols is 2. The number of hydrogen-bond donors (Lipinski definition) is 2. The van der Waals surface area contributed by atoms with E-state index in [1.165, 1.54) is 6.08 Å². The minimum atomic E-state index is -4.71. The first kappa shape index (κ1) is 14.4. The van der Waals surface area contributed by atoms with Crippen LogP contribution in [0, 0.1) is 0 Å². The first-order valence-corrected chi connectivity index (χ1v) is 6.03. The molecule has 20 heavy (non-hydrogen) atoms. The van der Waals surface area contributed by atoms with Crippen molar-refractivity contribution in [3.05, 3.63) is 23.3 Å². The van der Waals surface area contributed by atoms with Crippen LogP contribution in [0.2, 0.25) is 0 Å². The summed E-state index contributed by atoms with van der Waals surface area (Å²) in [6.07, 6.45) is -1.87. The number of nitrogens with zero attached hydrogens (tertiary/aromatic N) is 1. The number of aliphatic imine (C=N–C) groups is 1. The molecule has 0 saturated heterocycles. The van der Waals surface area contributed by atoms with Crippen LogP contribution in [0.25, 0.3) is 0 Å². The summed E-state index contributed by atoms with van der Waals surface area (Å²) >= 11 is 0. The second-order valence-electron chi connectivity index (χ2n) is 4.80. The van der Waals surface area contributed by atoms with Crippen LogP contribution in [0.15, 0.2) is 17.1 Å². The molecule has 1 saturated carbocycles. The summed E-state index contributed by atoms with van der Waals surface area (Å²) in [4.78, 5) is 14.1. The van der Waals surface area contributed by atoms with Crippen molar-refractivity contribution in [2.24, 2.45) is 4.99 Å². The molecule has 2 rings (SSSR count). The number of isocyanates is 1. The number of phenolic OH excluding ortho intramolecular Hbond substituents is 2. The standard InChI is InChI=1S/C13H12F3NO3/c14-13(15,16)8-3-4-9(19)11(20)10(8)12(17-7-18)5-1-2-6-12/h3-4,19-20H,1-2,5-6H2. The second kappa shape index (κ2) is 4.83. The van der Waals surface area contributed by atoms with Crippen molar-refractivity contribution in [2.45, 2.75) is 37.4 Å². The van der Waals surface area contributed by atoms with E-state index in [1.54, 1.807) is 0 Å². The Balaban J connectivity index is 2.76. The molecule has 0 aromatic heterocycles. The quantitative estimate of drug-likeness (QED) is 0.498.